The van der Waals surface area contributed by atoms with E-state index in [0.717, 1.165) is 9.15 Å². The van der Waals surface area contributed by atoms with Gasteiger partial charge in [0.2, 0.25) is 0 Å². The van der Waals surface area contributed by atoms with E-state index in [0.29, 0.717) is 16.5 Å². The van der Waals surface area contributed by atoms with Gasteiger partial charge in [0.05, 0.1) is 17.5 Å². The van der Waals surface area contributed by atoms with E-state index >= 15 is 0 Å². The molecule has 0 spiro atoms. The van der Waals surface area contributed by atoms with Crippen molar-refractivity contribution < 1.29 is 25.2 Å². The Hall–Kier alpha value is -2.34. The van der Waals surface area contributed by atoms with Crippen LogP contribution in [0.1, 0.15) is 0 Å². The van der Waals surface area contributed by atoms with Gasteiger partial charge < -0.3 is 25.2 Å². The molecular weight excluding hydrogens is 458 g/mol. The lowest BCUT2D eigenvalue weighted by atomic mass is 9.99. The van der Waals surface area contributed by atoms with Crippen molar-refractivity contribution in [1.29, 1.82) is 0 Å². The van der Waals surface area contributed by atoms with Crippen molar-refractivity contribution in [3.05, 3.63) is 63.4 Å². The van der Waals surface area contributed by atoms with E-state index in [1.165, 1.54) is 0 Å². The van der Waals surface area contributed by atoms with Crippen molar-refractivity contribution in [1.82, 2.24) is 9.66 Å². The van der Waals surface area contributed by atoms with E-state index in [1.807, 2.05) is 0 Å². The normalized spacial score (nSPS) is 26.6. The molecule has 9 nitrogen and oxygen atoms in total. The zero-order valence-corrected chi connectivity index (χ0v) is 17.2. The maximum atomic E-state index is 13.2. The minimum Gasteiger partial charge on any atom is -0.394 e. The standard InChI is InChI=1S/C20H20BrN3O6/c21-11-7-5-10(6-8-11)18-22-13-4-2-1-3-12(13)20(29)24(18)23-19-17(28)16(27)15(26)14(9-25)30-19/h1-8,14-17,19,23,25-28H,9H2/t14-,15+,16+,17+,19+/m0/s1. The van der Waals surface area contributed by atoms with E-state index in [4.69, 9.17) is 4.74 Å². The quantitative estimate of drug-likeness (QED) is 0.358. The Morgan fingerprint density at radius 1 is 1.03 bits per heavy atom. The summed E-state index contributed by atoms with van der Waals surface area (Å²) in [5.74, 6) is 0.267. The van der Waals surface area contributed by atoms with E-state index in [9.17, 15) is 25.2 Å². The first-order valence-electron chi connectivity index (χ1n) is 9.25. The van der Waals surface area contributed by atoms with Crippen LogP contribution in [-0.2, 0) is 4.74 Å². The van der Waals surface area contributed by atoms with Crippen molar-refractivity contribution in [2.24, 2.45) is 0 Å². The largest absolute Gasteiger partial charge is 0.394 e. The smallest absolute Gasteiger partial charge is 0.280 e. The predicted molar refractivity (Wildman–Crippen MR) is 112 cm³/mol. The number of aromatic nitrogens is 2. The van der Waals surface area contributed by atoms with Gasteiger partial charge in [-0.1, -0.05) is 40.2 Å². The summed E-state index contributed by atoms with van der Waals surface area (Å²) >= 11 is 3.37. The van der Waals surface area contributed by atoms with Gasteiger partial charge in [-0.15, -0.1) is 0 Å². The molecule has 1 saturated heterocycles. The maximum Gasteiger partial charge on any atom is 0.280 e. The number of aliphatic hydroxyl groups is 4. The van der Waals surface area contributed by atoms with Crippen molar-refractivity contribution in [3.8, 4) is 11.4 Å². The predicted octanol–water partition coefficient (Wildman–Crippen LogP) is 0.169. The van der Waals surface area contributed by atoms with E-state index < -0.39 is 42.8 Å². The molecule has 1 fully saturated rings. The fourth-order valence-corrected chi connectivity index (χ4v) is 3.64. The van der Waals surface area contributed by atoms with Crippen molar-refractivity contribution >= 4 is 26.8 Å². The lowest BCUT2D eigenvalue weighted by molar-refractivity contribution is -0.224. The molecular formula is C20H20BrN3O6. The molecule has 1 aromatic heterocycles. The second kappa shape index (κ2) is 8.42. The fourth-order valence-electron chi connectivity index (χ4n) is 3.38. The van der Waals surface area contributed by atoms with Crippen LogP contribution in [0.5, 0.6) is 0 Å². The molecule has 4 rings (SSSR count). The third-order valence-corrected chi connectivity index (χ3v) is 5.56. The van der Waals surface area contributed by atoms with Gasteiger partial charge in [0.1, 0.15) is 24.4 Å². The van der Waals surface area contributed by atoms with Crippen LogP contribution >= 0.6 is 15.9 Å². The van der Waals surface area contributed by atoms with E-state index in [1.54, 1.807) is 48.5 Å². The first-order valence-corrected chi connectivity index (χ1v) is 10.0. The molecule has 0 saturated carbocycles. The summed E-state index contributed by atoms with van der Waals surface area (Å²) < 4.78 is 7.48. The zero-order valence-electron chi connectivity index (χ0n) is 15.6. The lowest BCUT2D eigenvalue weighted by Gasteiger charge is -2.40. The average molecular weight is 478 g/mol. The highest BCUT2D eigenvalue weighted by Gasteiger charge is 2.44. The number of hydrogen-bond donors (Lipinski definition) is 5. The number of rotatable bonds is 4. The second-order valence-electron chi connectivity index (χ2n) is 6.98. The van der Waals surface area contributed by atoms with E-state index in [-0.39, 0.29) is 5.82 Å². The number of benzene rings is 2. The van der Waals surface area contributed by atoms with Gasteiger partial charge in [-0.25, -0.2) is 9.66 Å². The van der Waals surface area contributed by atoms with E-state index in [2.05, 4.69) is 26.3 Å². The van der Waals surface area contributed by atoms with Gasteiger partial charge in [0, 0.05) is 10.0 Å². The summed E-state index contributed by atoms with van der Waals surface area (Å²) in [6.07, 6.45) is -7.02. The molecule has 2 heterocycles. The van der Waals surface area contributed by atoms with Crippen LogP contribution in [0.25, 0.3) is 22.3 Å². The van der Waals surface area contributed by atoms with Crippen LogP contribution in [0, 0.1) is 0 Å². The SMILES string of the molecule is O=c1c2ccccc2nc(-c2ccc(Br)cc2)n1N[C@@H]1O[C@@H](CO)[C@@H](O)[C@@H](O)[C@H]1O. The summed E-state index contributed by atoms with van der Waals surface area (Å²) in [6, 6.07) is 14.0. The molecule has 0 amide bonds. The Balaban J connectivity index is 1.83. The van der Waals surface area contributed by atoms with Crippen LogP contribution in [0.3, 0.4) is 0 Å². The highest BCUT2D eigenvalue weighted by molar-refractivity contribution is 9.10. The molecule has 5 atom stereocenters. The minimum absolute atomic E-state index is 0.267. The van der Waals surface area contributed by atoms with Crippen LogP contribution in [0.4, 0.5) is 0 Å². The molecule has 2 aromatic carbocycles. The first-order chi connectivity index (χ1) is 14.4. The molecule has 30 heavy (non-hydrogen) atoms. The molecule has 1 aliphatic heterocycles. The topological polar surface area (TPSA) is 137 Å². The first kappa shape index (κ1) is 20.9. The Morgan fingerprint density at radius 2 is 1.73 bits per heavy atom. The van der Waals surface area contributed by atoms with Crippen LogP contribution in [0.15, 0.2) is 57.8 Å². The number of halogens is 1. The number of hydrogen-bond acceptors (Lipinski definition) is 8. The van der Waals surface area contributed by atoms with Crippen molar-refractivity contribution in [3.63, 3.8) is 0 Å². The second-order valence-corrected chi connectivity index (χ2v) is 7.89. The maximum absolute atomic E-state index is 13.2. The van der Waals surface area contributed by atoms with Crippen LogP contribution < -0.4 is 11.0 Å². The van der Waals surface area contributed by atoms with Gasteiger partial charge in [0.15, 0.2) is 12.1 Å². The molecule has 3 aromatic rings. The molecule has 0 aliphatic carbocycles. The number of aliphatic hydroxyl groups excluding tert-OH is 4. The van der Waals surface area contributed by atoms with Gasteiger partial charge in [0.25, 0.3) is 5.56 Å². The Kier molecular flexibility index (Phi) is 5.87. The summed E-state index contributed by atoms with van der Waals surface area (Å²) in [6.45, 7) is -0.576. The monoisotopic (exact) mass is 477 g/mol. The van der Waals surface area contributed by atoms with Crippen molar-refractivity contribution in [2.45, 2.75) is 30.6 Å². The number of para-hydroxylation sites is 1. The summed E-state index contributed by atoms with van der Waals surface area (Å²) in [5, 5.41) is 40.2. The third kappa shape index (κ3) is 3.73. The minimum atomic E-state index is -1.58. The van der Waals surface area contributed by atoms with Gasteiger partial charge in [-0.2, -0.15) is 0 Å². The highest BCUT2D eigenvalue weighted by Crippen LogP contribution is 2.23. The molecule has 10 heteroatoms. The molecule has 1 aliphatic rings. The van der Waals surface area contributed by atoms with Gasteiger partial charge >= 0.3 is 0 Å². The molecule has 158 valence electrons. The number of ether oxygens (including phenoxy) is 1. The molecule has 5 N–H and O–H groups in total. The molecule has 0 bridgehead atoms. The molecule has 0 radical (unpaired) electrons. The Bertz CT molecular complexity index is 1100. The summed E-state index contributed by atoms with van der Waals surface area (Å²) in [4.78, 5) is 17.8. The lowest BCUT2D eigenvalue weighted by Crippen LogP contribution is -2.62. The van der Waals surface area contributed by atoms with Gasteiger partial charge in [-0.05, 0) is 24.3 Å². The van der Waals surface area contributed by atoms with Crippen molar-refractivity contribution in [2.75, 3.05) is 12.0 Å². The Morgan fingerprint density at radius 3 is 2.43 bits per heavy atom. The highest BCUT2D eigenvalue weighted by atomic mass is 79.9. The number of nitrogens with one attached hydrogen (secondary N) is 1. The number of fused-ring (bicyclic) bond motifs is 1. The number of nitrogens with zero attached hydrogens (tertiary/aromatic N) is 2. The average Bonchev–Trinajstić information content (AvgIpc) is 2.76. The molecule has 0 unspecified atom stereocenters. The van der Waals surface area contributed by atoms with Crippen LogP contribution in [0.2, 0.25) is 0 Å². The summed E-state index contributed by atoms with van der Waals surface area (Å²) in [5.41, 5.74) is 3.44. The zero-order chi connectivity index (χ0) is 21.4. The summed E-state index contributed by atoms with van der Waals surface area (Å²) in [7, 11) is 0. The fraction of sp³-hybridized carbons (Fsp3) is 0.300. The Labute approximate surface area is 179 Å². The van der Waals surface area contributed by atoms with Crippen LogP contribution in [-0.4, -0.2) is 67.3 Å². The van der Waals surface area contributed by atoms with Gasteiger partial charge in [-0.3, -0.25) is 10.2 Å². The third-order valence-electron chi connectivity index (χ3n) is 5.03.